The number of carbonyl (C=O) groups is 2. The van der Waals surface area contributed by atoms with Gasteiger partial charge in [0.1, 0.15) is 6.04 Å². The van der Waals surface area contributed by atoms with Crippen LogP contribution in [0.15, 0.2) is 59.1 Å². The number of halogens is 1. The molecule has 0 fully saturated rings. The van der Waals surface area contributed by atoms with E-state index in [0.717, 1.165) is 28.6 Å². The van der Waals surface area contributed by atoms with E-state index in [2.05, 4.69) is 45.5 Å². The van der Waals surface area contributed by atoms with Crippen LogP contribution < -0.4 is 5.32 Å². The lowest BCUT2D eigenvalue weighted by molar-refractivity contribution is -0.138. The van der Waals surface area contributed by atoms with E-state index in [4.69, 9.17) is 0 Å². The molecular formula is C24H31BrN2O2S. The molecule has 0 radical (unpaired) electrons. The normalized spacial score (nSPS) is 12.8. The Morgan fingerprint density at radius 3 is 2.33 bits per heavy atom. The van der Waals surface area contributed by atoms with Crippen molar-refractivity contribution in [1.82, 2.24) is 10.2 Å². The third-order valence-electron chi connectivity index (χ3n) is 5.06. The molecule has 162 valence electrons. The summed E-state index contributed by atoms with van der Waals surface area (Å²) < 4.78 is 1.04. The molecule has 0 aromatic heterocycles. The first-order chi connectivity index (χ1) is 14.4. The van der Waals surface area contributed by atoms with Crippen LogP contribution in [0.4, 0.5) is 0 Å². The summed E-state index contributed by atoms with van der Waals surface area (Å²) in [6.45, 7) is 6.36. The number of hydrogen-bond donors (Lipinski definition) is 1. The molecule has 2 aromatic rings. The second-order valence-corrected chi connectivity index (χ2v) is 9.34. The highest BCUT2D eigenvalue weighted by Crippen LogP contribution is 2.17. The molecule has 0 aliphatic rings. The van der Waals surface area contributed by atoms with Gasteiger partial charge in [0.2, 0.25) is 11.8 Å². The monoisotopic (exact) mass is 490 g/mol. The number of amides is 2. The van der Waals surface area contributed by atoms with E-state index in [1.807, 2.05) is 51.1 Å². The Bertz CT molecular complexity index is 799. The quantitative estimate of drug-likeness (QED) is 0.478. The molecule has 0 saturated carbocycles. The minimum absolute atomic E-state index is 0.000144. The van der Waals surface area contributed by atoms with Crippen molar-refractivity contribution in [1.29, 1.82) is 0 Å². The van der Waals surface area contributed by atoms with Gasteiger partial charge < -0.3 is 10.2 Å². The van der Waals surface area contributed by atoms with Crippen LogP contribution >= 0.6 is 27.7 Å². The molecule has 2 aromatic carbocycles. The van der Waals surface area contributed by atoms with Crippen LogP contribution in [0.3, 0.4) is 0 Å². The van der Waals surface area contributed by atoms with Gasteiger partial charge in [0.15, 0.2) is 0 Å². The van der Waals surface area contributed by atoms with Gasteiger partial charge in [-0.25, -0.2) is 0 Å². The van der Waals surface area contributed by atoms with Crippen LogP contribution in [0.25, 0.3) is 0 Å². The number of benzene rings is 2. The molecule has 30 heavy (non-hydrogen) atoms. The van der Waals surface area contributed by atoms with E-state index in [-0.39, 0.29) is 17.9 Å². The van der Waals surface area contributed by atoms with Gasteiger partial charge >= 0.3 is 0 Å². The Morgan fingerprint density at radius 2 is 1.70 bits per heavy atom. The van der Waals surface area contributed by atoms with E-state index >= 15 is 0 Å². The number of thioether (sulfide) groups is 1. The number of nitrogens with zero attached hydrogens (tertiary/aromatic N) is 1. The highest BCUT2D eigenvalue weighted by atomic mass is 79.9. The Morgan fingerprint density at radius 1 is 1.03 bits per heavy atom. The molecule has 2 amide bonds. The molecule has 4 nitrogen and oxygen atoms in total. The van der Waals surface area contributed by atoms with Crippen molar-refractivity contribution in [2.24, 2.45) is 0 Å². The van der Waals surface area contributed by atoms with E-state index in [1.165, 1.54) is 5.56 Å². The highest BCUT2D eigenvalue weighted by Gasteiger charge is 2.26. The fourth-order valence-electron chi connectivity index (χ4n) is 2.96. The van der Waals surface area contributed by atoms with Gasteiger partial charge in [-0.3, -0.25) is 9.59 Å². The first-order valence-electron chi connectivity index (χ1n) is 10.4. The molecule has 0 unspecified atom stereocenters. The zero-order valence-corrected chi connectivity index (χ0v) is 20.3. The van der Waals surface area contributed by atoms with Gasteiger partial charge in [-0.05, 0) is 49.9 Å². The van der Waals surface area contributed by atoms with Crippen molar-refractivity contribution in [3.63, 3.8) is 0 Å². The van der Waals surface area contributed by atoms with Crippen LogP contribution in [-0.4, -0.2) is 41.1 Å². The zero-order valence-electron chi connectivity index (χ0n) is 17.9. The zero-order chi connectivity index (χ0) is 21.9. The average molecular weight is 491 g/mol. The van der Waals surface area contributed by atoms with Crippen molar-refractivity contribution in [3.05, 3.63) is 70.2 Å². The molecule has 0 aliphatic heterocycles. The van der Waals surface area contributed by atoms with Crippen LogP contribution in [0.5, 0.6) is 0 Å². The predicted octanol–water partition coefficient (Wildman–Crippen LogP) is 5.06. The van der Waals surface area contributed by atoms with Gasteiger partial charge in [-0.15, -0.1) is 11.8 Å². The highest BCUT2D eigenvalue weighted by molar-refractivity contribution is 9.10. The van der Waals surface area contributed by atoms with Crippen LogP contribution in [0, 0.1) is 0 Å². The van der Waals surface area contributed by atoms with E-state index in [1.54, 1.807) is 16.7 Å². The Kier molecular flexibility index (Phi) is 10.4. The largest absolute Gasteiger partial charge is 0.352 e. The minimum atomic E-state index is -0.497. The summed E-state index contributed by atoms with van der Waals surface area (Å²) in [5.74, 6) is 1.02. The van der Waals surface area contributed by atoms with Crippen molar-refractivity contribution in [3.8, 4) is 0 Å². The third-order valence-corrected chi connectivity index (χ3v) is 6.58. The Hall–Kier alpha value is -1.79. The van der Waals surface area contributed by atoms with E-state index < -0.39 is 6.04 Å². The lowest BCUT2D eigenvalue weighted by atomic mass is 10.1. The minimum Gasteiger partial charge on any atom is -0.352 e. The fourth-order valence-corrected chi connectivity index (χ4v) is 4.09. The van der Waals surface area contributed by atoms with Crippen molar-refractivity contribution < 1.29 is 9.59 Å². The maximum atomic E-state index is 13.0. The van der Waals surface area contributed by atoms with E-state index in [9.17, 15) is 9.59 Å². The van der Waals surface area contributed by atoms with Gasteiger partial charge in [-0.2, -0.15) is 0 Å². The summed E-state index contributed by atoms with van der Waals surface area (Å²) in [6.07, 6.45) is 1.59. The van der Waals surface area contributed by atoms with Gasteiger partial charge in [0.05, 0.1) is 5.75 Å². The lowest BCUT2D eigenvalue weighted by Crippen LogP contribution is -2.51. The van der Waals surface area contributed by atoms with Gasteiger partial charge in [-0.1, -0.05) is 65.3 Å². The summed E-state index contributed by atoms with van der Waals surface area (Å²) in [6, 6.07) is 17.8. The topological polar surface area (TPSA) is 49.4 Å². The maximum absolute atomic E-state index is 13.0. The molecule has 0 bridgehead atoms. The summed E-state index contributed by atoms with van der Waals surface area (Å²) >= 11 is 5.02. The molecule has 6 heteroatoms. The number of rotatable bonds is 11. The summed E-state index contributed by atoms with van der Waals surface area (Å²) in [7, 11) is 0. The SMILES string of the molecule is CC[C@@H](C)NC(=O)[C@@H](C)N(CCc1ccccc1)C(=O)CSCc1ccc(Br)cc1. The Labute approximate surface area is 192 Å². The number of carbonyl (C=O) groups excluding carboxylic acids is 2. The summed E-state index contributed by atoms with van der Waals surface area (Å²) in [5.41, 5.74) is 2.33. The second-order valence-electron chi connectivity index (χ2n) is 7.44. The number of nitrogens with one attached hydrogen (secondary N) is 1. The predicted molar refractivity (Wildman–Crippen MR) is 130 cm³/mol. The second kappa shape index (κ2) is 12.8. The molecule has 0 saturated heterocycles. The molecule has 1 N–H and O–H groups in total. The smallest absolute Gasteiger partial charge is 0.242 e. The molecular weight excluding hydrogens is 460 g/mol. The molecule has 0 heterocycles. The standard InChI is InChI=1S/C24H31BrN2O2S/c1-4-18(2)26-24(29)19(3)27(15-14-20-8-6-5-7-9-20)23(28)17-30-16-21-10-12-22(25)13-11-21/h5-13,18-19H,4,14-17H2,1-3H3,(H,26,29)/t18-,19-/m1/s1. The maximum Gasteiger partial charge on any atom is 0.242 e. The average Bonchev–Trinajstić information content (AvgIpc) is 2.75. The van der Waals surface area contributed by atoms with Gasteiger partial charge in [0, 0.05) is 22.8 Å². The van der Waals surface area contributed by atoms with Crippen LogP contribution in [0.2, 0.25) is 0 Å². The molecule has 2 rings (SSSR count). The van der Waals surface area contributed by atoms with E-state index in [0.29, 0.717) is 12.3 Å². The van der Waals surface area contributed by atoms with Crippen LogP contribution in [-0.2, 0) is 21.8 Å². The number of hydrogen-bond acceptors (Lipinski definition) is 3. The molecule has 0 aliphatic carbocycles. The molecule has 2 atom stereocenters. The fraction of sp³-hybridized carbons (Fsp3) is 0.417. The van der Waals surface area contributed by atoms with Crippen LogP contribution in [0.1, 0.15) is 38.3 Å². The first-order valence-corrected chi connectivity index (χ1v) is 12.3. The lowest BCUT2D eigenvalue weighted by Gasteiger charge is -2.29. The summed E-state index contributed by atoms with van der Waals surface area (Å²) in [5, 5.41) is 3.01. The first kappa shape index (κ1) is 24.5. The molecule has 0 spiro atoms. The van der Waals surface area contributed by atoms with Crippen molar-refractivity contribution in [2.45, 2.75) is 51.4 Å². The Balaban J connectivity index is 1.99. The van der Waals surface area contributed by atoms with Crippen molar-refractivity contribution >= 4 is 39.5 Å². The van der Waals surface area contributed by atoms with Gasteiger partial charge in [0.25, 0.3) is 0 Å². The van der Waals surface area contributed by atoms with Crippen molar-refractivity contribution in [2.75, 3.05) is 12.3 Å². The third kappa shape index (κ3) is 8.15. The summed E-state index contributed by atoms with van der Waals surface area (Å²) in [4.78, 5) is 27.4.